The van der Waals surface area contributed by atoms with Crippen molar-refractivity contribution in [2.24, 2.45) is 5.73 Å². The van der Waals surface area contributed by atoms with Crippen molar-refractivity contribution in [1.82, 2.24) is 9.78 Å². The van der Waals surface area contributed by atoms with Crippen LogP contribution in [0.4, 0.5) is 0 Å². The highest BCUT2D eigenvalue weighted by atomic mass is 15.3. The molecule has 0 atom stereocenters. The van der Waals surface area contributed by atoms with Gasteiger partial charge in [-0.1, -0.05) is 23.8 Å². The first-order valence-electron chi connectivity index (χ1n) is 5.47. The molecule has 0 saturated carbocycles. The van der Waals surface area contributed by atoms with Crippen molar-refractivity contribution in [2.45, 2.75) is 26.9 Å². The lowest BCUT2D eigenvalue weighted by Crippen LogP contribution is -2.04. The summed E-state index contributed by atoms with van der Waals surface area (Å²) in [5, 5.41) is 4.39. The number of hydrogen-bond donors (Lipinski definition) is 1. The normalized spacial score (nSPS) is 10.7. The fourth-order valence-electron chi connectivity index (χ4n) is 1.75. The molecule has 0 amide bonds. The maximum absolute atomic E-state index is 5.53. The Morgan fingerprint density at radius 3 is 2.75 bits per heavy atom. The van der Waals surface area contributed by atoms with Crippen molar-refractivity contribution in [3.63, 3.8) is 0 Å². The molecular weight excluding hydrogens is 198 g/mol. The summed E-state index contributed by atoms with van der Waals surface area (Å²) >= 11 is 0. The van der Waals surface area contributed by atoms with Crippen LogP contribution in [0.1, 0.15) is 22.4 Å². The maximum atomic E-state index is 5.53. The standard InChI is InChI=1S/C13H17N3/c1-10-3-4-11(2)12(7-10)9-16-6-5-13(8-14)15-16/h3-7H,8-9,14H2,1-2H3. The molecule has 0 saturated heterocycles. The van der Waals surface area contributed by atoms with E-state index in [4.69, 9.17) is 5.73 Å². The Labute approximate surface area is 95.9 Å². The quantitative estimate of drug-likeness (QED) is 0.851. The Kier molecular flexibility index (Phi) is 3.06. The number of aromatic nitrogens is 2. The van der Waals surface area contributed by atoms with Gasteiger partial charge in [0.1, 0.15) is 0 Å². The van der Waals surface area contributed by atoms with Gasteiger partial charge in [-0.2, -0.15) is 5.10 Å². The zero-order valence-corrected chi connectivity index (χ0v) is 9.77. The van der Waals surface area contributed by atoms with Crippen LogP contribution in [-0.4, -0.2) is 9.78 Å². The lowest BCUT2D eigenvalue weighted by molar-refractivity contribution is 0.669. The van der Waals surface area contributed by atoms with E-state index in [0.29, 0.717) is 6.54 Å². The topological polar surface area (TPSA) is 43.8 Å². The highest BCUT2D eigenvalue weighted by molar-refractivity contribution is 5.30. The largest absolute Gasteiger partial charge is 0.325 e. The number of benzene rings is 1. The lowest BCUT2D eigenvalue weighted by atomic mass is 10.1. The Hall–Kier alpha value is -1.61. The van der Waals surface area contributed by atoms with E-state index in [1.807, 2.05) is 16.9 Å². The lowest BCUT2D eigenvalue weighted by Gasteiger charge is -2.07. The molecule has 0 bridgehead atoms. The Morgan fingerprint density at radius 1 is 1.25 bits per heavy atom. The van der Waals surface area contributed by atoms with E-state index >= 15 is 0 Å². The fourth-order valence-corrected chi connectivity index (χ4v) is 1.75. The van der Waals surface area contributed by atoms with E-state index in [1.54, 1.807) is 0 Å². The molecule has 0 radical (unpaired) electrons. The van der Waals surface area contributed by atoms with Gasteiger partial charge in [-0.15, -0.1) is 0 Å². The first kappa shape index (κ1) is 10.9. The van der Waals surface area contributed by atoms with E-state index in [9.17, 15) is 0 Å². The fraction of sp³-hybridized carbons (Fsp3) is 0.308. The van der Waals surface area contributed by atoms with E-state index in [-0.39, 0.29) is 0 Å². The maximum Gasteiger partial charge on any atom is 0.0760 e. The Balaban J connectivity index is 2.22. The predicted octanol–water partition coefficient (Wildman–Crippen LogP) is 2.01. The van der Waals surface area contributed by atoms with E-state index in [1.165, 1.54) is 16.7 Å². The SMILES string of the molecule is Cc1ccc(C)c(Cn2ccc(CN)n2)c1. The van der Waals surface area contributed by atoms with Crippen LogP contribution >= 0.6 is 0 Å². The molecule has 0 aliphatic rings. The molecule has 2 aromatic rings. The van der Waals surface area contributed by atoms with Gasteiger partial charge in [-0.3, -0.25) is 4.68 Å². The van der Waals surface area contributed by atoms with E-state index in [0.717, 1.165) is 12.2 Å². The Morgan fingerprint density at radius 2 is 2.06 bits per heavy atom. The second-order valence-corrected chi connectivity index (χ2v) is 4.14. The third-order valence-corrected chi connectivity index (χ3v) is 2.74. The Bertz CT molecular complexity index is 486. The zero-order valence-electron chi connectivity index (χ0n) is 9.77. The van der Waals surface area contributed by atoms with Gasteiger partial charge in [0.05, 0.1) is 12.2 Å². The van der Waals surface area contributed by atoms with Crippen molar-refractivity contribution >= 4 is 0 Å². The average Bonchev–Trinajstić information content (AvgIpc) is 2.71. The van der Waals surface area contributed by atoms with Crippen LogP contribution < -0.4 is 5.73 Å². The van der Waals surface area contributed by atoms with E-state index in [2.05, 4.69) is 37.1 Å². The molecule has 84 valence electrons. The third kappa shape index (κ3) is 2.31. The van der Waals surface area contributed by atoms with Gasteiger partial charge >= 0.3 is 0 Å². The minimum Gasteiger partial charge on any atom is -0.325 e. The number of nitrogens with zero attached hydrogens (tertiary/aromatic N) is 2. The number of rotatable bonds is 3. The van der Waals surface area contributed by atoms with Gasteiger partial charge in [0.15, 0.2) is 0 Å². The van der Waals surface area contributed by atoms with Crippen LogP contribution in [0.5, 0.6) is 0 Å². The smallest absolute Gasteiger partial charge is 0.0760 e. The van der Waals surface area contributed by atoms with Gasteiger partial charge in [-0.05, 0) is 31.0 Å². The van der Waals surface area contributed by atoms with Crippen LogP contribution in [0.25, 0.3) is 0 Å². The molecule has 1 heterocycles. The van der Waals surface area contributed by atoms with Crippen LogP contribution in [0.3, 0.4) is 0 Å². The molecule has 16 heavy (non-hydrogen) atoms. The molecule has 0 aliphatic heterocycles. The first-order chi connectivity index (χ1) is 7.69. The summed E-state index contributed by atoms with van der Waals surface area (Å²) in [4.78, 5) is 0. The molecule has 0 unspecified atom stereocenters. The molecule has 3 nitrogen and oxygen atoms in total. The summed E-state index contributed by atoms with van der Waals surface area (Å²) in [6, 6.07) is 8.45. The molecule has 0 aliphatic carbocycles. The second kappa shape index (κ2) is 4.49. The highest BCUT2D eigenvalue weighted by Gasteiger charge is 2.01. The summed E-state index contributed by atoms with van der Waals surface area (Å²) in [5.74, 6) is 0. The first-order valence-corrected chi connectivity index (χ1v) is 5.47. The van der Waals surface area contributed by atoms with Crippen LogP contribution in [-0.2, 0) is 13.1 Å². The monoisotopic (exact) mass is 215 g/mol. The number of nitrogens with two attached hydrogens (primary N) is 1. The summed E-state index contributed by atoms with van der Waals surface area (Å²) in [6.45, 7) is 5.55. The molecule has 2 rings (SSSR count). The molecule has 1 aromatic heterocycles. The van der Waals surface area contributed by atoms with Crippen molar-refractivity contribution in [3.05, 3.63) is 52.8 Å². The van der Waals surface area contributed by atoms with Gasteiger partial charge in [0.25, 0.3) is 0 Å². The van der Waals surface area contributed by atoms with Crippen LogP contribution in [0.2, 0.25) is 0 Å². The van der Waals surface area contributed by atoms with Crippen molar-refractivity contribution in [1.29, 1.82) is 0 Å². The van der Waals surface area contributed by atoms with Gasteiger partial charge in [-0.25, -0.2) is 0 Å². The highest BCUT2D eigenvalue weighted by Crippen LogP contribution is 2.12. The van der Waals surface area contributed by atoms with Crippen molar-refractivity contribution in [3.8, 4) is 0 Å². The second-order valence-electron chi connectivity index (χ2n) is 4.14. The van der Waals surface area contributed by atoms with E-state index < -0.39 is 0 Å². The molecule has 2 N–H and O–H groups in total. The molecule has 0 spiro atoms. The van der Waals surface area contributed by atoms with Crippen molar-refractivity contribution in [2.75, 3.05) is 0 Å². The van der Waals surface area contributed by atoms with Gasteiger partial charge in [0, 0.05) is 12.7 Å². The van der Waals surface area contributed by atoms with Crippen molar-refractivity contribution < 1.29 is 0 Å². The molecule has 0 fully saturated rings. The van der Waals surface area contributed by atoms with Crippen LogP contribution in [0, 0.1) is 13.8 Å². The minimum atomic E-state index is 0.500. The summed E-state index contributed by atoms with van der Waals surface area (Å²) < 4.78 is 1.93. The third-order valence-electron chi connectivity index (χ3n) is 2.74. The molecule has 3 heteroatoms. The van der Waals surface area contributed by atoms with Gasteiger partial charge < -0.3 is 5.73 Å². The number of hydrogen-bond acceptors (Lipinski definition) is 2. The zero-order chi connectivity index (χ0) is 11.5. The summed E-state index contributed by atoms with van der Waals surface area (Å²) in [7, 11) is 0. The van der Waals surface area contributed by atoms with Crippen LogP contribution in [0.15, 0.2) is 30.5 Å². The molecular formula is C13H17N3. The summed E-state index contributed by atoms with van der Waals surface area (Å²) in [5.41, 5.74) is 10.4. The minimum absolute atomic E-state index is 0.500. The van der Waals surface area contributed by atoms with Gasteiger partial charge in [0.2, 0.25) is 0 Å². The molecule has 1 aromatic carbocycles. The average molecular weight is 215 g/mol. The summed E-state index contributed by atoms with van der Waals surface area (Å²) in [6.07, 6.45) is 1.98. The predicted molar refractivity (Wildman–Crippen MR) is 65.1 cm³/mol. The number of aryl methyl sites for hydroxylation is 2.